The fourth-order valence-electron chi connectivity index (χ4n) is 2.58. The van der Waals surface area contributed by atoms with Gasteiger partial charge in [0.25, 0.3) is 0 Å². The van der Waals surface area contributed by atoms with E-state index in [9.17, 15) is 4.79 Å². The zero-order chi connectivity index (χ0) is 16.8. The van der Waals surface area contributed by atoms with Crippen LogP contribution in [-0.2, 0) is 22.6 Å². The van der Waals surface area contributed by atoms with Crippen molar-refractivity contribution in [3.05, 3.63) is 35.4 Å². The molecular formula is C16H21N5O2S. The molecule has 3 rings (SSSR count). The van der Waals surface area contributed by atoms with E-state index in [0.717, 1.165) is 25.0 Å². The van der Waals surface area contributed by atoms with Gasteiger partial charge >= 0.3 is 0 Å². The van der Waals surface area contributed by atoms with Crippen LogP contribution in [0.2, 0.25) is 0 Å². The first-order valence-electron chi connectivity index (χ1n) is 8.04. The van der Waals surface area contributed by atoms with Gasteiger partial charge in [-0.3, -0.25) is 4.79 Å². The lowest BCUT2D eigenvalue weighted by atomic mass is 10.1. The molecule has 0 bridgehead atoms. The minimum Gasteiger partial charge on any atom is -0.376 e. The molecule has 1 aromatic heterocycles. The number of nitrogens with zero attached hydrogens (tertiary/aromatic N) is 4. The molecule has 1 N–H and O–H groups in total. The fourth-order valence-corrected chi connectivity index (χ4v) is 3.30. The van der Waals surface area contributed by atoms with Crippen LogP contribution in [0.5, 0.6) is 0 Å². The Morgan fingerprint density at radius 2 is 2.33 bits per heavy atom. The average molecular weight is 347 g/mol. The molecule has 128 valence electrons. The summed E-state index contributed by atoms with van der Waals surface area (Å²) in [5, 5.41) is 15.3. The van der Waals surface area contributed by atoms with Crippen LogP contribution in [-0.4, -0.2) is 44.6 Å². The largest absolute Gasteiger partial charge is 0.376 e. The summed E-state index contributed by atoms with van der Waals surface area (Å²) in [6.07, 6.45) is 2.28. The number of carbonyl (C=O) groups excluding carboxylic acids is 1. The van der Waals surface area contributed by atoms with Crippen LogP contribution in [0.15, 0.2) is 29.4 Å². The second-order valence-corrected chi connectivity index (χ2v) is 6.71. The summed E-state index contributed by atoms with van der Waals surface area (Å²) in [6, 6.07) is 8.02. The van der Waals surface area contributed by atoms with Crippen LogP contribution in [0.4, 0.5) is 0 Å². The Balaban J connectivity index is 1.46. The Labute approximate surface area is 145 Å². The third-order valence-corrected chi connectivity index (χ3v) is 4.93. The Bertz CT molecular complexity index is 685. The molecule has 0 aliphatic carbocycles. The van der Waals surface area contributed by atoms with Crippen molar-refractivity contribution in [1.29, 1.82) is 0 Å². The molecule has 1 atom stereocenters. The lowest BCUT2D eigenvalue weighted by Gasteiger charge is -2.10. The molecule has 1 amide bonds. The molecule has 0 radical (unpaired) electrons. The fraction of sp³-hybridized carbons (Fsp3) is 0.500. The van der Waals surface area contributed by atoms with E-state index in [4.69, 9.17) is 4.74 Å². The van der Waals surface area contributed by atoms with Gasteiger partial charge in [-0.2, -0.15) is 0 Å². The average Bonchev–Trinajstić information content (AvgIpc) is 3.24. The highest BCUT2D eigenvalue weighted by Crippen LogP contribution is 2.18. The number of hydrogen-bond acceptors (Lipinski definition) is 6. The van der Waals surface area contributed by atoms with Crippen LogP contribution >= 0.6 is 11.8 Å². The molecular weight excluding hydrogens is 326 g/mol. The van der Waals surface area contributed by atoms with Gasteiger partial charge in [-0.25, -0.2) is 4.68 Å². The Morgan fingerprint density at radius 3 is 3.12 bits per heavy atom. The zero-order valence-corrected chi connectivity index (χ0v) is 14.5. The second kappa shape index (κ2) is 8.25. The SMILES string of the molecule is Cc1ccccc1CNC(=O)CSc1nnnn1CC1CCCO1. The molecule has 2 aromatic rings. The molecule has 7 nitrogen and oxygen atoms in total. The number of aryl methyl sites for hydroxylation is 1. The van der Waals surface area contributed by atoms with Crippen molar-refractivity contribution in [3.63, 3.8) is 0 Å². The summed E-state index contributed by atoms with van der Waals surface area (Å²) >= 11 is 1.34. The number of carbonyl (C=O) groups is 1. The third kappa shape index (κ3) is 4.55. The van der Waals surface area contributed by atoms with Crippen LogP contribution in [0.1, 0.15) is 24.0 Å². The number of benzene rings is 1. The van der Waals surface area contributed by atoms with Gasteiger partial charge < -0.3 is 10.1 Å². The lowest BCUT2D eigenvalue weighted by Crippen LogP contribution is -2.25. The van der Waals surface area contributed by atoms with Crippen molar-refractivity contribution in [1.82, 2.24) is 25.5 Å². The predicted octanol–water partition coefficient (Wildman–Crippen LogP) is 1.57. The summed E-state index contributed by atoms with van der Waals surface area (Å²) in [5.74, 6) is 0.257. The monoisotopic (exact) mass is 347 g/mol. The van der Waals surface area contributed by atoms with Gasteiger partial charge in [-0.05, 0) is 41.3 Å². The summed E-state index contributed by atoms with van der Waals surface area (Å²) in [7, 11) is 0. The van der Waals surface area contributed by atoms with E-state index in [0.29, 0.717) is 18.2 Å². The zero-order valence-electron chi connectivity index (χ0n) is 13.6. The van der Waals surface area contributed by atoms with Crippen LogP contribution in [0.25, 0.3) is 0 Å². The van der Waals surface area contributed by atoms with Gasteiger partial charge in [0, 0.05) is 13.2 Å². The van der Waals surface area contributed by atoms with Gasteiger partial charge in [0.05, 0.1) is 18.4 Å². The molecule has 0 spiro atoms. The molecule has 1 aliphatic rings. The van der Waals surface area contributed by atoms with Crippen molar-refractivity contribution in [3.8, 4) is 0 Å². The molecule has 1 saturated heterocycles. The third-order valence-electron chi connectivity index (χ3n) is 3.97. The standard InChI is InChI=1S/C16H21N5O2S/c1-12-5-2-3-6-13(12)9-17-15(22)11-24-16-18-19-20-21(16)10-14-7-4-8-23-14/h2-3,5-6,14H,4,7-11H2,1H3,(H,17,22). The topological polar surface area (TPSA) is 81.9 Å². The van der Waals surface area contributed by atoms with Crippen LogP contribution < -0.4 is 5.32 Å². The maximum absolute atomic E-state index is 12.0. The van der Waals surface area contributed by atoms with Crippen molar-refractivity contribution < 1.29 is 9.53 Å². The van der Waals surface area contributed by atoms with E-state index in [2.05, 4.69) is 20.8 Å². The maximum atomic E-state index is 12.0. The highest BCUT2D eigenvalue weighted by Gasteiger charge is 2.19. The van der Waals surface area contributed by atoms with Crippen molar-refractivity contribution >= 4 is 17.7 Å². The van der Waals surface area contributed by atoms with Crippen LogP contribution in [0, 0.1) is 6.92 Å². The number of rotatable bonds is 7. The Morgan fingerprint density at radius 1 is 1.46 bits per heavy atom. The Kier molecular flexibility index (Phi) is 5.81. The smallest absolute Gasteiger partial charge is 0.230 e. The van der Waals surface area contributed by atoms with E-state index < -0.39 is 0 Å². The highest BCUT2D eigenvalue weighted by molar-refractivity contribution is 7.99. The quantitative estimate of drug-likeness (QED) is 0.766. The number of ether oxygens (including phenoxy) is 1. The first-order valence-corrected chi connectivity index (χ1v) is 9.02. The van der Waals surface area contributed by atoms with Crippen LogP contribution in [0.3, 0.4) is 0 Å². The second-order valence-electron chi connectivity index (χ2n) is 5.77. The first kappa shape index (κ1) is 16.9. The van der Waals surface area contributed by atoms with Crippen molar-refractivity contribution in [2.24, 2.45) is 0 Å². The van der Waals surface area contributed by atoms with Gasteiger partial charge in [0.2, 0.25) is 11.1 Å². The molecule has 8 heteroatoms. The first-order chi connectivity index (χ1) is 11.7. The molecule has 2 heterocycles. The number of aromatic nitrogens is 4. The number of amides is 1. The number of hydrogen-bond donors (Lipinski definition) is 1. The Hall–Kier alpha value is -1.93. The molecule has 1 aliphatic heterocycles. The minimum absolute atomic E-state index is 0.0325. The molecule has 1 fully saturated rings. The number of nitrogens with one attached hydrogen (secondary N) is 1. The summed E-state index contributed by atoms with van der Waals surface area (Å²) in [5.41, 5.74) is 2.30. The van der Waals surface area contributed by atoms with E-state index in [1.165, 1.54) is 17.3 Å². The summed E-state index contributed by atoms with van der Waals surface area (Å²) in [4.78, 5) is 12.0. The summed E-state index contributed by atoms with van der Waals surface area (Å²) in [6.45, 7) is 4.01. The minimum atomic E-state index is -0.0325. The number of thioether (sulfide) groups is 1. The van der Waals surface area contributed by atoms with E-state index in [-0.39, 0.29) is 17.8 Å². The van der Waals surface area contributed by atoms with Gasteiger partial charge in [0.1, 0.15) is 0 Å². The molecule has 1 aromatic carbocycles. The van der Waals surface area contributed by atoms with Crippen molar-refractivity contribution in [2.45, 2.75) is 44.1 Å². The predicted molar refractivity (Wildman–Crippen MR) is 90.5 cm³/mol. The highest BCUT2D eigenvalue weighted by atomic mass is 32.2. The summed E-state index contributed by atoms with van der Waals surface area (Å²) < 4.78 is 7.32. The van der Waals surface area contributed by atoms with E-state index in [1.807, 2.05) is 31.2 Å². The molecule has 0 saturated carbocycles. The normalized spacial score (nSPS) is 17.1. The molecule has 1 unspecified atom stereocenters. The van der Waals surface area contributed by atoms with Gasteiger partial charge in [-0.1, -0.05) is 36.0 Å². The van der Waals surface area contributed by atoms with Gasteiger partial charge in [-0.15, -0.1) is 5.10 Å². The van der Waals surface area contributed by atoms with Gasteiger partial charge in [0.15, 0.2) is 0 Å². The van der Waals surface area contributed by atoms with E-state index >= 15 is 0 Å². The molecule has 24 heavy (non-hydrogen) atoms. The van der Waals surface area contributed by atoms with E-state index in [1.54, 1.807) is 4.68 Å². The van der Waals surface area contributed by atoms with Crippen molar-refractivity contribution in [2.75, 3.05) is 12.4 Å². The maximum Gasteiger partial charge on any atom is 0.230 e. The lowest BCUT2D eigenvalue weighted by molar-refractivity contribution is -0.118. The number of tetrazole rings is 1.